The van der Waals surface area contributed by atoms with Crippen molar-refractivity contribution in [3.05, 3.63) is 18.2 Å². The maximum atomic E-state index is 12.2. The molecule has 1 aromatic carbocycles. The standard InChI is InChI=1S/C14H20N2O3/c1-14(15,9-4-5-9)13(17)16-10-6-11(18-2)8-12(7-10)19-3/h6-9H,4-5,15H2,1-3H3,(H,16,17). The highest BCUT2D eigenvalue weighted by Gasteiger charge is 2.44. The first-order chi connectivity index (χ1) is 8.97. The van der Waals surface area contributed by atoms with Crippen molar-refractivity contribution in [3.63, 3.8) is 0 Å². The third-order valence-electron chi connectivity index (χ3n) is 3.52. The van der Waals surface area contributed by atoms with Crippen LogP contribution in [0.1, 0.15) is 19.8 Å². The minimum Gasteiger partial charge on any atom is -0.497 e. The lowest BCUT2D eigenvalue weighted by molar-refractivity contribution is -0.121. The van der Waals surface area contributed by atoms with Crippen molar-refractivity contribution in [1.29, 1.82) is 0 Å². The molecule has 1 aliphatic carbocycles. The molecular formula is C14H20N2O3. The van der Waals surface area contributed by atoms with Gasteiger partial charge < -0.3 is 20.5 Å². The van der Waals surface area contributed by atoms with Crippen molar-refractivity contribution < 1.29 is 14.3 Å². The summed E-state index contributed by atoms with van der Waals surface area (Å²) >= 11 is 0. The Hall–Kier alpha value is -1.75. The van der Waals surface area contributed by atoms with Crippen molar-refractivity contribution in [2.45, 2.75) is 25.3 Å². The second-order valence-corrected chi connectivity index (χ2v) is 5.11. The quantitative estimate of drug-likeness (QED) is 0.850. The van der Waals surface area contributed by atoms with E-state index in [0.29, 0.717) is 17.2 Å². The van der Waals surface area contributed by atoms with Crippen LogP contribution in [0.3, 0.4) is 0 Å². The van der Waals surface area contributed by atoms with E-state index in [4.69, 9.17) is 15.2 Å². The van der Waals surface area contributed by atoms with Gasteiger partial charge in [-0.25, -0.2) is 0 Å². The topological polar surface area (TPSA) is 73.6 Å². The highest BCUT2D eigenvalue weighted by Crippen LogP contribution is 2.38. The van der Waals surface area contributed by atoms with Gasteiger partial charge in [-0.15, -0.1) is 0 Å². The SMILES string of the molecule is COc1cc(NC(=O)C(C)(N)C2CC2)cc(OC)c1. The summed E-state index contributed by atoms with van der Waals surface area (Å²) in [5.74, 6) is 1.35. The summed E-state index contributed by atoms with van der Waals surface area (Å²) < 4.78 is 10.3. The van der Waals surface area contributed by atoms with Crippen LogP contribution in [0.25, 0.3) is 0 Å². The molecule has 1 aromatic rings. The predicted molar refractivity (Wildman–Crippen MR) is 73.5 cm³/mol. The van der Waals surface area contributed by atoms with Crippen molar-refractivity contribution >= 4 is 11.6 Å². The van der Waals surface area contributed by atoms with Crippen LogP contribution in [0.2, 0.25) is 0 Å². The van der Waals surface area contributed by atoms with Crippen molar-refractivity contribution in [3.8, 4) is 11.5 Å². The number of carbonyl (C=O) groups is 1. The Morgan fingerprint density at radius 2 is 1.79 bits per heavy atom. The van der Waals surface area contributed by atoms with Gasteiger partial charge in [-0.2, -0.15) is 0 Å². The Bertz CT molecular complexity index is 459. The molecule has 1 saturated carbocycles. The number of anilines is 1. The van der Waals surface area contributed by atoms with Gasteiger partial charge in [-0.3, -0.25) is 4.79 Å². The number of carbonyl (C=O) groups excluding carboxylic acids is 1. The monoisotopic (exact) mass is 264 g/mol. The van der Waals surface area contributed by atoms with E-state index in [-0.39, 0.29) is 11.8 Å². The van der Waals surface area contributed by atoms with Gasteiger partial charge in [0.15, 0.2) is 0 Å². The van der Waals surface area contributed by atoms with Gasteiger partial charge in [0.1, 0.15) is 11.5 Å². The van der Waals surface area contributed by atoms with Crippen LogP contribution in [0.4, 0.5) is 5.69 Å². The zero-order valence-electron chi connectivity index (χ0n) is 11.5. The van der Waals surface area contributed by atoms with Crippen LogP contribution in [0.15, 0.2) is 18.2 Å². The summed E-state index contributed by atoms with van der Waals surface area (Å²) in [6.45, 7) is 1.78. The molecule has 19 heavy (non-hydrogen) atoms. The Morgan fingerprint density at radius 3 is 2.21 bits per heavy atom. The highest BCUT2D eigenvalue weighted by molar-refractivity contribution is 5.98. The van der Waals surface area contributed by atoms with E-state index >= 15 is 0 Å². The summed E-state index contributed by atoms with van der Waals surface area (Å²) in [4.78, 5) is 12.2. The molecule has 0 bridgehead atoms. The van der Waals surface area contributed by atoms with Crippen molar-refractivity contribution in [2.75, 3.05) is 19.5 Å². The average molecular weight is 264 g/mol. The van der Waals surface area contributed by atoms with Crippen LogP contribution in [-0.4, -0.2) is 25.7 Å². The molecule has 1 atom stereocenters. The van der Waals surface area contributed by atoms with Gasteiger partial charge in [0.25, 0.3) is 0 Å². The number of nitrogens with two attached hydrogens (primary N) is 1. The fourth-order valence-electron chi connectivity index (χ4n) is 2.01. The molecule has 104 valence electrons. The number of hydrogen-bond donors (Lipinski definition) is 2. The first-order valence-electron chi connectivity index (χ1n) is 6.30. The van der Waals surface area contributed by atoms with Crippen molar-refractivity contribution in [1.82, 2.24) is 0 Å². The maximum Gasteiger partial charge on any atom is 0.244 e. The Morgan fingerprint density at radius 1 is 1.26 bits per heavy atom. The average Bonchev–Trinajstić information content (AvgIpc) is 3.22. The molecule has 0 aliphatic heterocycles. The van der Waals surface area contributed by atoms with E-state index in [1.54, 1.807) is 39.3 Å². The molecule has 0 spiro atoms. The normalized spacial score (nSPS) is 17.5. The summed E-state index contributed by atoms with van der Waals surface area (Å²) in [5.41, 5.74) is 5.88. The highest BCUT2D eigenvalue weighted by atomic mass is 16.5. The summed E-state index contributed by atoms with van der Waals surface area (Å²) in [6, 6.07) is 5.23. The lowest BCUT2D eigenvalue weighted by Gasteiger charge is -2.23. The van der Waals surface area contributed by atoms with Crippen LogP contribution in [0, 0.1) is 5.92 Å². The summed E-state index contributed by atoms with van der Waals surface area (Å²) in [7, 11) is 3.13. The molecule has 2 rings (SSSR count). The first-order valence-corrected chi connectivity index (χ1v) is 6.30. The fraction of sp³-hybridized carbons (Fsp3) is 0.500. The second kappa shape index (κ2) is 5.09. The van der Waals surface area contributed by atoms with Crippen LogP contribution in [0.5, 0.6) is 11.5 Å². The lowest BCUT2D eigenvalue weighted by atomic mass is 9.96. The maximum absolute atomic E-state index is 12.2. The van der Waals surface area contributed by atoms with Gasteiger partial charge >= 0.3 is 0 Å². The number of ether oxygens (including phenoxy) is 2. The van der Waals surface area contributed by atoms with E-state index in [1.165, 1.54) is 0 Å². The molecule has 3 N–H and O–H groups in total. The molecule has 1 unspecified atom stereocenters. The molecule has 1 fully saturated rings. The molecule has 1 aliphatic rings. The fourth-order valence-corrected chi connectivity index (χ4v) is 2.01. The largest absolute Gasteiger partial charge is 0.497 e. The van der Waals surface area contributed by atoms with E-state index < -0.39 is 5.54 Å². The lowest BCUT2D eigenvalue weighted by Crippen LogP contribution is -2.50. The van der Waals surface area contributed by atoms with Crippen molar-refractivity contribution in [2.24, 2.45) is 11.7 Å². The molecule has 5 heteroatoms. The molecule has 0 radical (unpaired) electrons. The third kappa shape index (κ3) is 2.98. The van der Waals surface area contributed by atoms with Gasteiger partial charge in [-0.1, -0.05) is 0 Å². The number of rotatable bonds is 5. The van der Waals surface area contributed by atoms with Crippen LogP contribution in [-0.2, 0) is 4.79 Å². The Labute approximate surface area is 113 Å². The van der Waals surface area contributed by atoms with Crippen LogP contribution < -0.4 is 20.5 Å². The minimum absolute atomic E-state index is 0.176. The zero-order valence-corrected chi connectivity index (χ0v) is 11.5. The van der Waals surface area contributed by atoms with Gasteiger partial charge in [0.2, 0.25) is 5.91 Å². The summed E-state index contributed by atoms with van der Waals surface area (Å²) in [6.07, 6.45) is 2.03. The predicted octanol–water partition coefficient (Wildman–Crippen LogP) is 1.77. The van der Waals surface area contributed by atoms with E-state index in [2.05, 4.69) is 5.32 Å². The molecule has 1 amide bonds. The minimum atomic E-state index is -0.823. The van der Waals surface area contributed by atoms with E-state index in [1.807, 2.05) is 0 Å². The Kier molecular flexibility index (Phi) is 3.66. The molecule has 0 heterocycles. The third-order valence-corrected chi connectivity index (χ3v) is 3.52. The number of nitrogens with one attached hydrogen (secondary N) is 1. The van der Waals surface area contributed by atoms with Crippen LogP contribution >= 0.6 is 0 Å². The number of hydrogen-bond acceptors (Lipinski definition) is 4. The molecule has 5 nitrogen and oxygen atoms in total. The second-order valence-electron chi connectivity index (χ2n) is 5.11. The number of benzene rings is 1. The van der Waals surface area contributed by atoms with Gasteiger partial charge in [0, 0.05) is 23.9 Å². The zero-order chi connectivity index (χ0) is 14.0. The first kappa shape index (κ1) is 13.7. The molecule has 0 saturated heterocycles. The van der Waals surface area contributed by atoms with E-state index in [0.717, 1.165) is 12.8 Å². The van der Waals surface area contributed by atoms with Gasteiger partial charge in [-0.05, 0) is 25.7 Å². The smallest absolute Gasteiger partial charge is 0.244 e. The van der Waals surface area contributed by atoms with E-state index in [9.17, 15) is 4.79 Å². The molecular weight excluding hydrogens is 244 g/mol. The van der Waals surface area contributed by atoms with Gasteiger partial charge in [0.05, 0.1) is 19.8 Å². The summed E-state index contributed by atoms with van der Waals surface area (Å²) in [5, 5.41) is 2.83. The number of amides is 1. The molecule has 0 aromatic heterocycles. The number of methoxy groups -OCH3 is 2. The Balaban J connectivity index is 2.16.